The SMILES string of the molecule is C#CCOc1cc(C)c(C)cc1C1(C)CC(c2csc(C3CCNCC3)n2)=NO1. The van der Waals surface area contributed by atoms with Gasteiger partial charge in [0.05, 0.1) is 10.7 Å². The zero-order chi connectivity index (χ0) is 20.4. The van der Waals surface area contributed by atoms with E-state index in [1.807, 2.05) is 6.07 Å². The smallest absolute Gasteiger partial charge is 0.169 e. The minimum absolute atomic E-state index is 0.227. The van der Waals surface area contributed by atoms with E-state index in [0.717, 1.165) is 54.2 Å². The van der Waals surface area contributed by atoms with Crippen molar-refractivity contribution >= 4 is 17.0 Å². The molecular weight excluding hydrogens is 382 g/mol. The normalized spacial score (nSPS) is 22.1. The number of rotatable bonds is 5. The number of oxime groups is 1. The Bertz CT molecular complexity index is 969. The summed E-state index contributed by atoms with van der Waals surface area (Å²) in [5, 5.41) is 11.2. The third-order valence-corrected chi connectivity index (χ3v) is 6.85. The quantitative estimate of drug-likeness (QED) is 0.749. The lowest BCUT2D eigenvalue weighted by Crippen LogP contribution is -2.26. The molecule has 2 aliphatic heterocycles. The van der Waals surface area contributed by atoms with Gasteiger partial charge >= 0.3 is 0 Å². The van der Waals surface area contributed by atoms with Crippen molar-refractivity contribution in [3.8, 4) is 18.1 Å². The third-order valence-electron chi connectivity index (χ3n) is 5.84. The fraction of sp³-hybridized carbons (Fsp3) is 0.478. The van der Waals surface area contributed by atoms with Crippen LogP contribution in [0, 0.1) is 26.2 Å². The number of benzene rings is 1. The number of nitrogens with one attached hydrogen (secondary N) is 1. The second kappa shape index (κ2) is 8.17. The lowest BCUT2D eigenvalue weighted by atomic mass is 9.87. The highest BCUT2D eigenvalue weighted by atomic mass is 32.1. The summed E-state index contributed by atoms with van der Waals surface area (Å²) >= 11 is 1.74. The fourth-order valence-electron chi connectivity index (χ4n) is 3.94. The molecule has 29 heavy (non-hydrogen) atoms. The Balaban J connectivity index is 1.56. The molecule has 0 radical (unpaired) electrons. The highest BCUT2D eigenvalue weighted by Crippen LogP contribution is 2.42. The van der Waals surface area contributed by atoms with E-state index in [1.165, 1.54) is 10.6 Å². The lowest BCUT2D eigenvalue weighted by molar-refractivity contribution is -0.00923. The highest BCUT2D eigenvalue weighted by Gasteiger charge is 2.40. The van der Waals surface area contributed by atoms with Crippen molar-refractivity contribution in [1.82, 2.24) is 10.3 Å². The first kappa shape index (κ1) is 19.9. The number of aromatic nitrogens is 1. The van der Waals surface area contributed by atoms with Crippen molar-refractivity contribution in [2.24, 2.45) is 5.16 Å². The minimum atomic E-state index is -0.601. The molecule has 1 atom stereocenters. The summed E-state index contributed by atoms with van der Waals surface area (Å²) in [5.74, 6) is 3.86. The first-order valence-corrected chi connectivity index (χ1v) is 11.0. The van der Waals surface area contributed by atoms with Crippen LogP contribution in [0.4, 0.5) is 0 Å². The molecule has 2 aliphatic rings. The van der Waals surface area contributed by atoms with Crippen LogP contribution in [0.25, 0.3) is 0 Å². The number of aryl methyl sites for hydroxylation is 2. The molecular formula is C23H27N3O2S. The highest BCUT2D eigenvalue weighted by molar-refractivity contribution is 7.10. The molecule has 1 fully saturated rings. The Morgan fingerprint density at radius 1 is 1.31 bits per heavy atom. The molecule has 0 bridgehead atoms. The molecule has 1 aromatic carbocycles. The van der Waals surface area contributed by atoms with Crippen LogP contribution < -0.4 is 10.1 Å². The summed E-state index contributed by atoms with van der Waals surface area (Å²) in [6.07, 6.45) is 8.34. The molecule has 0 amide bonds. The van der Waals surface area contributed by atoms with Crippen LogP contribution in [0.5, 0.6) is 5.75 Å². The number of thiazole rings is 1. The predicted octanol–water partition coefficient (Wildman–Crippen LogP) is 4.28. The summed E-state index contributed by atoms with van der Waals surface area (Å²) in [6.45, 7) is 8.57. The van der Waals surface area contributed by atoms with E-state index in [1.54, 1.807) is 11.3 Å². The van der Waals surface area contributed by atoms with Gasteiger partial charge in [-0.05, 0) is 70.0 Å². The number of terminal acetylenes is 1. The Morgan fingerprint density at radius 2 is 2.07 bits per heavy atom. The van der Waals surface area contributed by atoms with Gasteiger partial charge in [0, 0.05) is 23.3 Å². The van der Waals surface area contributed by atoms with Crippen LogP contribution in [0.1, 0.15) is 59.5 Å². The van der Waals surface area contributed by atoms with Crippen molar-refractivity contribution in [2.75, 3.05) is 19.7 Å². The minimum Gasteiger partial charge on any atom is -0.481 e. The Hall–Kier alpha value is -2.36. The third kappa shape index (κ3) is 4.03. The molecule has 1 saturated heterocycles. The second-order valence-electron chi connectivity index (χ2n) is 8.06. The van der Waals surface area contributed by atoms with Gasteiger partial charge in [-0.1, -0.05) is 11.1 Å². The maximum atomic E-state index is 5.97. The standard InChI is InChI=1S/C23H27N3O2S/c1-5-10-27-21-12-16(3)15(2)11-18(21)23(4)13-19(26-28-23)20-14-29-22(25-20)17-6-8-24-9-7-17/h1,11-12,14,17,24H,6-10,13H2,2-4H3. The predicted molar refractivity (Wildman–Crippen MR) is 117 cm³/mol. The van der Waals surface area contributed by atoms with E-state index >= 15 is 0 Å². The number of nitrogens with zero attached hydrogens (tertiary/aromatic N) is 2. The number of hydrogen-bond donors (Lipinski definition) is 1. The van der Waals surface area contributed by atoms with E-state index in [9.17, 15) is 0 Å². The number of ether oxygens (including phenoxy) is 1. The number of piperidine rings is 1. The van der Waals surface area contributed by atoms with E-state index in [-0.39, 0.29) is 6.61 Å². The van der Waals surface area contributed by atoms with Crippen molar-refractivity contribution < 1.29 is 9.57 Å². The molecule has 0 aliphatic carbocycles. The summed E-state index contributed by atoms with van der Waals surface area (Å²) in [7, 11) is 0. The van der Waals surface area contributed by atoms with Crippen molar-refractivity contribution in [3.63, 3.8) is 0 Å². The molecule has 1 unspecified atom stereocenters. The van der Waals surface area contributed by atoms with E-state index < -0.39 is 5.60 Å². The van der Waals surface area contributed by atoms with Gasteiger partial charge in [0.25, 0.3) is 0 Å². The molecule has 4 rings (SSSR count). The maximum Gasteiger partial charge on any atom is 0.169 e. The molecule has 152 valence electrons. The van der Waals surface area contributed by atoms with Crippen molar-refractivity contribution in [1.29, 1.82) is 0 Å². The fourth-order valence-corrected chi connectivity index (χ4v) is 4.94. The van der Waals surface area contributed by atoms with Crippen LogP contribution in [-0.4, -0.2) is 30.4 Å². The Kier molecular flexibility index (Phi) is 5.62. The topological polar surface area (TPSA) is 55.7 Å². The molecule has 2 aromatic rings. The monoisotopic (exact) mass is 409 g/mol. The van der Waals surface area contributed by atoms with Crippen LogP contribution in [-0.2, 0) is 10.4 Å². The first-order chi connectivity index (χ1) is 14.0. The van der Waals surface area contributed by atoms with Gasteiger partial charge in [-0.25, -0.2) is 4.98 Å². The lowest BCUT2D eigenvalue weighted by Gasteiger charge is -2.25. The molecule has 3 heterocycles. The molecule has 6 heteroatoms. The molecule has 0 spiro atoms. The summed E-state index contributed by atoms with van der Waals surface area (Å²) in [6, 6.07) is 4.16. The largest absolute Gasteiger partial charge is 0.481 e. The maximum absolute atomic E-state index is 5.97. The van der Waals surface area contributed by atoms with Gasteiger partial charge in [0.15, 0.2) is 5.60 Å². The van der Waals surface area contributed by atoms with Gasteiger partial charge in [-0.15, -0.1) is 17.8 Å². The molecule has 1 aromatic heterocycles. The Morgan fingerprint density at radius 3 is 2.83 bits per heavy atom. The second-order valence-corrected chi connectivity index (χ2v) is 8.95. The van der Waals surface area contributed by atoms with Gasteiger partial charge in [-0.3, -0.25) is 0 Å². The van der Waals surface area contributed by atoms with Crippen LogP contribution >= 0.6 is 11.3 Å². The molecule has 1 N–H and O–H groups in total. The zero-order valence-corrected chi connectivity index (χ0v) is 18.1. The van der Waals surface area contributed by atoms with Crippen molar-refractivity contribution in [2.45, 2.75) is 51.6 Å². The van der Waals surface area contributed by atoms with Gasteiger partial charge in [0.2, 0.25) is 0 Å². The van der Waals surface area contributed by atoms with Gasteiger partial charge in [-0.2, -0.15) is 0 Å². The van der Waals surface area contributed by atoms with Crippen LogP contribution in [0.15, 0.2) is 22.7 Å². The van der Waals surface area contributed by atoms with E-state index in [0.29, 0.717) is 12.3 Å². The average Bonchev–Trinajstić information content (AvgIpc) is 3.37. The summed E-state index contributed by atoms with van der Waals surface area (Å²) < 4.78 is 5.84. The molecule has 0 saturated carbocycles. The van der Waals surface area contributed by atoms with Crippen molar-refractivity contribution in [3.05, 3.63) is 44.9 Å². The molecule has 5 nitrogen and oxygen atoms in total. The average molecular weight is 410 g/mol. The zero-order valence-electron chi connectivity index (χ0n) is 17.2. The van der Waals surface area contributed by atoms with Crippen LogP contribution in [0.2, 0.25) is 0 Å². The Labute approximate surface area is 176 Å². The van der Waals surface area contributed by atoms with Gasteiger partial charge in [0.1, 0.15) is 18.1 Å². The number of hydrogen-bond acceptors (Lipinski definition) is 6. The van der Waals surface area contributed by atoms with Gasteiger partial charge < -0.3 is 14.9 Å². The van der Waals surface area contributed by atoms with Crippen LogP contribution in [0.3, 0.4) is 0 Å². The summed E-state index contributed by atoms with van der Waals surface area (Å²) in [4.78, 5) is 10.9. The van der Waals surface area contributed by atoms with E-state index in [2.05, 4.69) is 48.6 Å². The summed E-state index contributed by atoms with van der Waals surface area (Å²) in [5.41, 5.74) is 4.55. The van der Waals surface area contributed by atoms with E-state index in [4.69, 9.17) is 21.0 Å². The first-order valence-electron chi connectivity index (χ1n) is 10.1.